The predicted octanol–water partition coefficient (Wildman–Crippen LogP) is 4.13. The Morgan fingerprint density at radius 1 is 1.12 bits per heavy atom. The summed E-state index contributed by atoms with van der Waals surface area (Å²) in [5.74, 6) is 0. The summed E-state index contributed by atoms with van der Waals surface area (Å²) in [4.78, 5) is 11.9. The van der Waals surface area contributed by atoms with Crippen molar-refractivity contribution in [1.29, 1.82) is 0 Å². The van der Waals surface area contributed by atoms with Gasteiger partial charge in [0.25, 0.3) is 0 Å². The second-order valence-corrected chi connectivity index (χ2v) is 5.45. The molecule has 5 heteroatoms. The van der Waals surface area contributed by atoms with E-state index in [1.54, 1.807) is 6.21 Å². The molecule has 0 aliphatic rings. The summed E-state index contributed by atoms with van der Waals surface area (Å²) < 4.78 is 2.24. The fourth-order valence-corrected chi connectivity index (χ4v) is 2.86. The summed E-state index contributed by atoms with van der Waals surface area (Å²) in [6.07, 6.45) is 1.70. The number of aryl methyl sites for hydroxylation is 1. The maximum atomic E-state index is 11.9. The lowest BCUT2D eigenvalue weighted by atomic mass is 10.1. The van der Waals surface area contributed by atoms with Crippen LogP contribution in [0.4, 0.5) is 10.5 Å². The molecule has 2 aromatic carbocycles. The summed E-state index contributed by atoms with van der Waals surface area (Å²) in [5, 5.41) is 7.95. The van der Waals surface area contributed by atoms with Crippen molar-refractivity contribution in [2.24, 2.45) is 5.10 Å². The molecular weight excluding hydrogens is 300 g/mol. The number of hydrazone groups is 1. The lowest BCUT2D eigenvalue weighted by Gasteiger charge is -2.04. The molecule has 2 N–H and O–H groups in total. The molecule has 0 bridgehead atoms. The SMILES string of the molecule is CCn1c(C)c(/C=N/NC(=O)Nc2ccccc2)c2ccccc21. The van der Waals surface area contributed by atoms with E-state index in [9.17, 15) is 4.79 Å². The standard InChI is InChI=1S/C19H20N4O/c1-3-23-14(2)17(16-11-7-8-12-18(16)23)13-20-22-19(24)21-15-9-5-4-6-10-15/h4-13H,3H2,1-2H3,(H2,21,22,24)/b20-13+. The van der Waals surface area contributed by atoms with Gasteiger partial charge in [0.05, 0.1) is 6.21 Å². The van der Waals surface area contributed by atoms with Crippen LogP contribution in [0.25, 0.3) is 10.9 Å². The maximum Gasteiger partial charge on any atom is 0.339 e. The van der Waals surface area contributed by atoms with Gasteiger partial charge in [-0.25, -0.2) is 10.2 Å². The highest BCUT2D eigenvalue weighted by Crippen LogP contribution is 2.24. The Morgan fingerprint density at radius 2 is 1.83 bits per heavy atom. The van der Waals surface area contributed by atoms with E-state index in [2.05, 4.69) is 46.4 Å². The van der Waals surface area contributed by atoms with Crippen molar-refractivity contribution in [3.05, 3.63) is 65.9 Å². The minimum Gasteiger partial charge on any atom is -0.344 e. The third-order valence-electron chi connectivity index (χ3n) is 3.99. The van der Waals surface area contributed by atoms with Gasteiger partial charge in [0.15, 0.2) is 0 Å². The molecule has 0 fully saturated rings. The molecule has 122 valence electrons. The lowest BCUT2D eigenvalue weighted by molar-refractivity contribution is 0.252. The number of nitrogens with one attached hydrogen (secondary N) is 2. The number of aromatic nitrogens is 1. The molecule has 2 amide bonds. The molecule has 1 heterocycles. The Labute approximate surface area is 141 Å². The highest BCUT2D eigenvalue weighted by atomic mass is 16.2. The number of hydrogen-bond acceptors (Lipinski definition) is 2. The normalized spacial score (nSPS) is 11.1. The molecule has 1 aromatic heterocycles. The van der Waals surface area contributed by atoms with Crippen molar-refractivity contribution in [2.45, 2.75) is 20.4 Å². The Bertz CT molecular complexity index is 881. The Hall–Kier alpha value is -3.08. The Balaban J connectivity index is 1.76. The highest BCUT2D eigenvalue weighted by molar-refractivity contribution is 6.01. The molecule has 3 rings (SSSR count). The van der Waals surface area contributed by atoms with Crippen LogP contribution in [0, 0.1) is 6.92 Å². The zero-order valence-electron chi connectivity index (χ0n) is 13.8. The number of hydrogen-bond donors (Lipinski definition) is 2. The van der Waals surface area contributed by atoms with Gasteiger partial charge in [-0.2, -0.15) is 5.10 Å². The number of carbonyl (C=O) groups is 1. The first-order valence-corrected chi connectivity index (χ1v) is 7.93. The largest absolute Gasteiger partial charge is 0.344 e. The fourth-order valence-electron chi connectivity index (χ4n) is 2.86. The third kappa shape index (κ3) is 3.15. The molecule has 3 aromatic rings. The summed E-state index contributed by atoms with van der Waals surface area (Å²) in [6.45, 7) is 5.07. The van der Waals surface area contributed by atoms with Gasteiger partial charge in [0.2, 0.25) is 0 Å². The van der Waals surface area contributed by atoms with Gasteiger partial charge in [-0.1, -0.05) is 36.4 Å². The molecule has 24 heavy (non-hydrogen) atoms. The molecular formula is C19H20N4O. The highest BCUT2D eigenvalue weighted by Gasteiger charge is 2.10. The van der Waals surface area contributed by atoms with Crippen LogP contribution in [0.2, 0.25) is 0 Å². The van der Waals surface area contributed by atoms with Crippen LogP contribution in [-0.4, -0.2) is 16.8 Å². The van der Waals surface area contributed by atoms with Crippen molar-refractivity contribution in [1.82, 2.24) is 9.99 Å². The van der Waals surface area contributed by atoms with E-state index in [1.165, 1.54) is 5.52 Å². The molecule has 0 unspecified atom stereocenters. The molecule has 0 radical (unpaired) electrons. The number of carbonyl (C=O) groups excluding carboxylic acids is 1. The minimum atomic E-state index is -0.366. The monoisotopic (exact) mass is 320 g/mol. The first-order chi connectivity index (χ1) is 11.7. The van der Waals surface area contributed by atoms with Crippen molar-refractivity contribution in [2.75, 3.05) is 5.32 Å². The van der Waals surface area contributed by atoms with E-state index in [1.807, 2.05) is 42.5 Å². The van der Waals surface area contributed by atoms with Gasteiger partial charge in [0, 0.05) is 34.4 Å². The number of urea groups is 1. The van der Waals surface area contributed by atoms with Gasteiger partial charge >= 0.3 is 6.03 Å². The molecule has 0 spiro atoms. The van der Waals surface area contributed by atoms with Crippen molar-refractivity contribution in [3.63, 3.8) is 0 Å². The number of nitrogens with zero attached hydrogens (tertiary/aromatic N) is 2. The molecule has 0 atom stereocenters. The summed E-state index contributed by atoms with van der Waals surface area (Å²) in [6, 6.07) is 17.1. The van der Waals surface area contributed by atoms with E-state index < -0.39 is 0 Å². The number of rotatable bonds is 4. The topological polar surface area (TPSA) is 58.4 Å². The van der Waals surface area contributed by atoms with Crippen LogP contribution < -0.4 is 10.7 Å². The average molecular weight is 320 g/mol. The number of anilines is 1. The number of fused-ring (bicyclic) bond motifs is 1. The molecule has 0 saturated heterocycles. The van der Waals surface area contributed by atoms with Crippen molar-refractivity contribution >= 4 is 28.8 Å². The van der Waals surface area contributed by atoms with Crippen LogP contribution in [0.3, 0.4) is 0 Å². The van der Waals surface area contributed by atoms with Crippen molar-refractivity contribution < 1.29 is 4.79 Å². The number of para-hydroxylation sites is 2. The van der Waals surface area contributed by atoms with Gasteiger partial charge in [-0.05, 0) is 32.0 Å². The smallest absolute Gasteiger partial charge is 0.339 e. The fraction of sp³-hybridized carbons (Fsp3) is 0.158. The predicted molar refractivity (Wildman–Crippen MR) is 98.5 cm³/mol. The van der Waals surface area contributed by atoms with Gasteiger partial charge in [-0.15, -0.1) is 0 Å². The molecule has 0 aliphatic carbocycles. The Morgan fingerprint density at radius 3 is 2.58 bits per heavy atom. The average Bonchev–Trinajstić information content (AvgIpc) is 2.87. The van der Waals surface area contributed by atoms with Crippen LogP contribution >= 0.6 is 0 Å². The molecule has 0 aliphatic heterocycles. The van der Waals surface area contributed by atoms with E-state index in [0.29, 0.717) is 0 Å². The van der Waals surface area contributed by atoms with E-state index >= 15 is 0 Å². The van der Waals surface area contributed by atoms with Crippen LogP contribution in [-0.2, 0) is 6.54 Å². The second kappa shape index (κ2) is 7.00. The van der Waals surface area contributed by atoms with Crippen LogP contribution in [0.5, 0.6) is 0 Å². The van der Waals surface area contributed by atoms with Crippen LogP contribution in [0.1, 0.15) is 18.2 Å². The molecule has 0 saturated carbocycles. The first kappa shape index (κ1) is 15.8. The summed E-state index contributed by atoms with van der Waals surface area (Å²) >= 11 is 0. The maximum absolute atomic E-state index is 11.9. The van der Waals surface area contributed by atoms with Gasteiger partial charge in [0.1, 0.15) is 0 Å². The van der Waals surface area contributed by atoms with Crippen LogP contribution in [0.15, 0.2) is 59.7 Å². The molecule has 5 nitrogen and oxygen atoms in total. The van der Waals surface area contributed by atoms with Gasteiger partial charge in [-0.3, -0.25) is 0 Å². The zero-order chi connectivity index (χ0) is 16.9. The first-order valence-electron chi connectivity index (χ1n) is 7.93. The lowest BCUT2D eigenvalue weighted by Crippen LogP contribution is -2.24. The number of amides is 2. The third-order valence-corrected chi connectivity index (χ3v) is 3.99. The van der Waals surface area contributed by atoms with Gasteiger partial charge < -0.3 is 9.88 Å². The van der Waals surface area contributed by atoms with E-state index in [0.717, 1.165) is 28.9 Å². The number of benzene rings is 2. The van der Waals surface area contributed by atoms with Crippen molar-refractivity contribution in [3.8, 4) is 0 Å². The summed E-state index contributed by atoms with van der Waals surface area (Å²) in [5.41, 5.74) is 6.56. The quantitative estimate of drug-likeness (QED) is 0.551. The van der Waals surface area contributed by atoms with E-state index in [-0.39, 0.29) is 6.03 Å². The van der Waals surface area contributed by atoms with E-state index in [4.69, 9.17) is 0 Å². The minimum absolute atomic E-state index is 0.366. The zero-order valence-corrected chi connectivity index (χ0v) is 13.8. The Kier molecular flexibility index (Phi) is 4.61. The second-order valence-electron chi connectivity index (χ2n) is 5.45. The summed E-state index contributed by atoms with van der Waals surface area (Å²) in [7, 11) is 0.